The monoisotopic (exact) mass is 257 g/mol. The molecule has 1 aromatic carbocycles. The van der Waals surface area contributed by atoms with Gasteiger partial charge in [0, 0.05) is 11.4 Å². The first-order valence-corrected chi connectivity index (χ1v) is 5.71. The van der Waals surface area contributed by atoms with Crippen molar-refractivity contribution in [1.29, 1.82) is 0 Å². The summed E-state index contributed by atoms with van der Waals surface area (Å²) >= 11 is 5.82. The molecule has 94 valence electrons. The van der Waals surface area contributed by atoms with Gasteiger partial charge in [-0.25, -0.2) is 0 Å². The molecule has 0 saturated carbocycles. The molecule has 5 heteroatoms. The standard InChI is InChI=1S/C12H16ClNO3/c1-8-7-9(13)3-4-11(8)17-6-5-10(14-2)12(15)16/h3-4,7,10,14H,5-6H2,1-2H3,(H,15,16). The lowest BCUT2D eigenvalue weighted by Crippen LogP contribution is -2.35. The van der Waals surface area contributed by atoms with E-state index in [2.05, 4.69) is 5.32 Å². The second-order valence-electron chi connectivity index (χ2n) is 3.73. The van der Waals surface area contributed by atoms with Crippen molar-refractivity contribution < 1.29 is 14.6 Å². The number of aliphatic carboxylic acids is 1. The Morgan fingerprint density at radius 3 is 2.82 bits per heavy atom. The van der Waals surface area contributed by atoms with Crippen LogP contribution in [0.25, 0.3) is 0 Å². The van der Waals surface area contributed by atoms with Gasteiger partial charge in [-0.3, -0.25) is 4.79 Å². The van der Waals surface area contributed by atoms with Crippen molar-refractivity contribution in [2.24, 2.45) is 0 Å². The highest BCUT2D eigenvalue weighted by Gasteiger charge is 2.14. The third-order valence-corrected chi connectivity index (χ3v) is 2.68. The number of hydrogen-bond donors (Lipinski definition) is 2. The van der Waals surface area contributed by atoms with E-state index >= 15 is 0 Å². The Bertz CT molecular complexity index is 395. The summed E-state index contributed by atoms with van der Waals surface area (Å²) in [7, 11) is 1.62. The highest BCUT2D eigenvalue weighted by Crippen LogP contribution is 2.21. The number of halogens is 1. The zero-order valence-corrected chi connectivity index (χ0v) is 10.6. The van der Waals surface area contributed by atoms with Crippen molar-refractivity contribution in [1.82, 2.24) is 5.32 Å². The van der Waals surface area contributed by atoms with Gasteiger partial charge in [0.1, 0.15) is 11.8 Å². The molecule has 2 N–H and O–H groups in total. The predicted molar refractivity (Wildman–Crippen MR) is 66.8 cm³/mol. The maximum absolute atomic E-state index is 10.7. The molecular formula is C12H16ClNO3. The van der Waals surface area contributed by atoms with Crippen molar-refractivity contribution in [3.63, 3.8) is 0 Å². The summed E-state index contributed by atoms with van der Waals surface area (Å²) in [5.74, 6) is -0.140. The molecule has 0 saturated heterocycles. The van der Waals surface area contributed by atoms with Crippen molar-refractivity contribution in [2.75, 3.05) is 13.7 Å². The molecular weight excluding hydrogens is 242 g/mol. The zero-order valence-electron chi connectivity index (χ0n) is 9.87. The number of rotatable bonds is 6. The lowest BCUT2D eigenvalue weighted by Gasteiger charge is -2.13. The van der Waals surface area contributed by atoms with Crippen LogP contribution in [-0.2, 0) is 4.79 Å². The minimum absolute atomic E-state index is 0.347. The molecule has 0 aliphatic rings. The third kappa shape index (κ3) is 4.24. The molecule has 0 heterocycles. The van der Waals surface area contributed by atoms with E-state index in [1.807, 2.05) is 13.0 Å². The fourth-order valence-electron chi connectivity index (χ4n) is 1.45. The van der Waals surface area contributed by atoms with Crippen molar-refractivity contribution in [3.05, 3.63) is 28.8 Å². The summed E-state index contributed by atoms with van der Waals surface area (Å²) in [6.07, 6.45) is 0.411. The molecule has 0 radical (unpaired) electrons. The van der Waals surface area contributed by atoms with Crippen LogP contribution < -0.4 is 10.1 Å². The zero-order chi connectivity index (χ0) is 12.8. The molecule has 1 atom stereocenters. The number of benzene rings is 1. The van der Waals surface area contributed by atoms with Gasteiger partial charge >= 0.3 is 5.97 Å². The summed E-state index contributed by atoms with van der Waals surface area (Å²) in [6, 6.07) is 4.76. The summed E-state index contributed by atoms with van der Waals surface area (Å²) < 4.78 is 5.51. The molecule has 4 nitrogen and oxygen atoms in total. The minimum Gasteiger partial charge on any atom is -0.493 e. The Morgan fingerprint density at radius 2 is 2.29 bits per heavy atom. The summed E-state index contributed by atoms with van der Waals surface area (Å²) in [6.45, 7) is 2.24. The van der Waals surface area contributed by atoms with Gasteiger partial charge in [-0.15, -0.1) is 0 Å². The van der Waals surface area contributed by atoms with E-state index in [0.29, 0.717) is 18.1 Å². The van der Waals surface area contributed by atoms with Crippen LogP contribution in [0.5, 0.6) is 5.75 Å². The topological polar surface area (TPSA) is 58.6 Å². The number of carboxylic acid groups (broad SMARTS) is 1. The van der Waals surface area contributed by atoms with E-state index in [-0.39, 0.29) is 0 Å². The summed E-state index contributed by atoms with van der Waals surface area (Å²) in [5.41, 5.74) is 0.939. The van der Waals surface area contributed by atoms with Gasteiger partial charge in [0.05, 0.1) is 6.61 Å². The van der Waals surface area contributed by atoms with Crippen LogP contribution in [0.1, 0.15) is 12.0 Å². The van der Waals surface area contributed by atoms with E-state index < -0.39 is 12.0 Å². The van der Waals surface area contributed by atoms with Crippen molar-refractivity contribution in [2.45, 2.75) is 19.4 Å². The van der Waals surface area contributed by atoms with Gasteiger partial charge in [-0.05, 0) is 37.7 Å². The molecule has 1 rings (SSSR count). The number of aryl methyl sites for hydroxylation is 1. The second kappa shape index (κ2) is 6.47. The Labute approximate surface area is 106 Å². The maximum atomic E-state index is 10.7. The van der Waals surface area contributed by atoms with Gasteiger partial charge in [-0.2, -0.15) is 0 Å². The molecule has 17 heavy (non-hydrogen) atoms. The normalized spacial score (nSPS) is 12.2. The van der Waals surface area contributed by atoms with Crippen LogP contribution in [-0.4, -0.2) is 30.8 Å². The van der Waals surface area contributed by atoms with E-state index in [9.17, 15) is 4.79 Å². The fraction of sp³-hybridized carbons (Fsp3) is 0.417. The molecule has 0 fully saturated rings. The van der Waals surface area contributed by atoms with Crippen molar-refractivity contribution in [3.8, 4) is 5.75 Å². The van der Waals surface area contributed by atoms with Gasteiger partial charge in [0.15, 0.2) is 0 Å². The quantitative estimate of drug-likeness (QED) is 0.819. The number of carboxylic acids is 1. The third-order valence-electron chi connectivity index (χ3n) is 2.45. The number of hydrogen-bond acceptors (Lipinski definition) is 3. The fourth-order valence-corrected chi connectivity index (χ4v) is 1.68. The van der Waals surface area contributed by atoms with Gasteiger partial charge in [0.25, 0.3) is 0 Å². The summed E-state index contributed by atoms with van der Waals surface area (Å²) in [5, 5.41) is 12.2. The molecule has 0 aliphatic heterocycles. The van der Waals surface area contributed by atoms with E-state index in [0.717, 1.165) is 11.3 Å². The molecule has 1 unspecified atom stereocenters. The molecule has 1 aromatic rings. The molecule has 0 spiro atoms. The average Bonchev–Trinajstić information content (AvgIpc) is 2.26. The second-order valence-corrected chi connectivity index (χ2v) is 4.16. The van der Waals surface area contributed by atoms with Gasteiger partial charge < -0.3 is 15.2 Å². The lowest BCUT2D eigenvalue weighted by molar-refractivity contribution is -0.139. The first kappa shape index (κ1) is 13.8. The maximum Gasteiger partial charge on any atom is 0.320 e. The van der Waals surface area contributed by atoms with Crippen LogP contribution >= 0.6 is 11.6 Å². The van der Waals surface area contributed by atoms with E-state index in [1.165, 1.54) is 0 Å². The molecule has 0 bridgehead atoms. The summed E-state index contributed by atoms with van der Waals surface area (Å²) in [4.78, 5) is 10.7. The van der Waals surface area contributed by atoms with Gasteiger partial charge in [0.2, 0.25) is 0 Å². The van der Waals surface area contributed by atoms with Crippen LogP contribution in [0.4, 0.5) is 0 Å². The Balaban J connectivity index is 2.48. The smallest absolute Gasteiger partial charge is 0.320 e. The minimum atomic E-state index is -0.871. The van der Waals surface area contributed by atoms with Crippen molar-refractivity contribution >= 4 is 17.6 Å². The van der Waals surface area contributed by atoms with E-state index in [4.69, 9.17) is 21.4 Å². The number of ether oxygens (including phenoxy) is 1. The Kier molecular flexibility index (Phi) is 5.25. The van der Waals surface area contributed by atoms with Crippen LogP contribution in [0.15, 0.2) is 18.2 Å². The Morgan fingerprint density at radius 1 is 1.59 bits per heavy atom. The van der Waals surface area contributed by atoms with Crippen LogP contribution in [0, 0.1) is 6.92 Å². The lowest BCUT2D eigenvalue weighted by atomic mass is 10.2. The highest BCUT2D eigenvalue weighted by atomic mass is 35.5. The first-order valence-electron chi connectivity index (χ1n) is 5.33. The van der Waals surface area contributed by atoms with Gasteiger partial charge in [-0.1, -0.05) is 11.6 Å². The van der Waals surface area contributed by atoms with Crippen LogP contribution in [0.3, 0.4) is 0 Å². The SMILES string of the molecule is CNC(CCOc1ccc(Cl)cc1C)C(=O)O. The highest BCUT2D eigenvalue weighted by molar-refractivity contribution is 6.30. The Hall–Kier alpha value is -1.26. The average molecular weight is 258 g/mol. The number of carbonyl (C=O) groups is 1. The molecule has 0 amide bonds. The number of likely N-dealkylation sites (N-methyl/N-ethyl adjacent to an activating group) is 1. The first-order chi connectivity index (χ1) is 8.04. The van der Waals surface area contributed by atoms with Crippen LogP contribution in [0.2, 0.25) is 5.02 Å². The number of nitrogens with one attached hydrogen (secondary N) is 1. The molecule has 0 aromatic heterocycles. The predicted octanol–water partition coefficient (Wildman–Crippen LogP) is 2.09. The largest absolute Gasteiger partial charge is 0.493 e. The molecule has 0 aliphatic carbocycles. The van der Waals surface area contributed by atoms with E-state index in [1.54, 1.807) is 19.2 Å².